The van der Waals surface area contributed by atoms with Gasteiger partial charge in [-0.1, -0.05) is 0 Å². The molecule has 0 aromatic carbocycles. The molecule has 3 N–H and O–H groups in total. The Hall–Kier alpha value is -0.870. The van der Waals surface area contributed by atoms with Crippen LogP contribution in [0.2, 0.25) is 0 Å². The first-order chi connectivity index (χ1) is 7.29. The van der Waals surface area contributed by atoms with Crippen LogP contribution in [0.25, 0.3) is 0 Å². The fraction of sp³-hybridized carbons (Fsp3) is 0.727. The molecule has 0 aliphatic heterocycles. The smallest absolute Gasteiger partial charge is 0.0878 e. The van der Waals surface area contributed by atoms with Crippen LogP contribution in [0.15, 0.2) is 6.07 Å². The van der Waals surface area contributed by atoms with Crippen LogP contribution in [-0.2, 0) is 11.3 Å². The zero-order valence-corrected chi connectivity index (χ0v) is 9.20. The van der Waals surface area contributed by atoms with Crippen molar-refractivity contribution in [2.24, 2.45) is 5.73 Å². The highest BCUT2D eigenvalue weighted by Gasteiger charge is 2.21. The lowest BCUT2D eigenvalue weighted by molar-refractivity contribution is 0.181. The van der Waals surface area contributed by atoms with Gasteiger partial charge in [0.1, 0.15) is 0 Å². The zero-order chi connectivity index (χ0) is 10.7. The summed E-state index contributed by atoms with van der Waals surface area (Å²) in [6.07, 6.45) is 4.57. The van der Waals surface area contributed by atoms with Gasteiger partial charge in [-0.25, -0.2) is 0 Å². The quantitative estimate of drug-likeness (QED) is 0.793. The highest BCUT2D eigenvalue weighted by atomic mass is 16.5. The minimum atomic E-state index is 0.402. The lowest BCUT2D eigenvalue weighted by atomic mass is 9.84. The van der Waals surface area contributed by atoms with Crippen LogP contribution in [0, 0.1) is 0 Å². The number of aromatic nitrogens is 2. The Morgan fingerprint density at radius 1 is 1.47 bits per heavy atom. The number of ether oxygens (including phenoxy) is 1. The van der Waals surface area contributed by atoms with Crippen LogP contribution in [0.4, 0.5) is 0 Å². The van der Waals surface area contributed by atoms with Gasteiger partial charge in [0.25, 0.3) is 0 Å². The summed E-state index contributed by atoms with van der Waals surface area (Å²) in [7, 11) is 1.69. The van der Waals surface area contributed by atoms with Crippen molar-refractivity contribution in [2.75, 3.05) is 7.11 Å². The number of nitrogens with one attached hydrogen (secondary N) is 1. The Morgan fingerprint density at radius 2 is 2.20 bits per heavy atom. The van der Waals surface area contributed by atoms with Gasteiger partial charge >= 0.3 is 0 Å². The Balaban J connectivity index is 1.96. The maximum Gasteiger partial charge on any atom is 0.0878 e. The second-order valence-corrected chi connectivity index (χ2v) is 4.36. The van der Waals surface area contributed by atoms with E-state index in [0.29, 0.717) is 18.6 Å². The summed E-state index contributed by atoms with van der Waals surface area (Å²) in [5, 5.41) is 7.35. The molecule has 1 saturated carbocycles. The van der Waals surface area contributed by atoms with Crippen LogP contribution in [0.3, 0.4) is 0 Å². The van der Waals surface area contributed by atoms with Crippen molar-refractivity contribution in [2.45, 2.75) is 44.2 Å². The van der Waals surface area contributed by atoms with E-state index in [0.717, 1.165) is 18.5 Å². The van der Waals surface area contributed by atoms with Crippen molar-refractivity contribution in [1.82, 2.24) is 10.2 Å². The van der Waals surface area contributed by atoms with Crippen molar-refractivity contribution < 1.29 is 4.74 Å². The lowest BCUT2D eigenvalue weighted by Gasteiger charge is -2.24. The predicted octanol–water partition coefficient (Wildman–Crippen LogP) is 1.54. The molecule has 1 aromatic rings. The third-order valence-electron chi connectivity index (χ3n) is 3.14. The van der Waals surface area contributed by atoms with E-state index in [1.165, 1.54) is 18.5 Å². The summed E-state index contributed by atoms with van der Waals surface area (Å²) in [6, 6.07) is 2.52. The van der Waals surface area contributed by atoms with Gasteiger partial charge in [-0.05, 0) is 31.7 Å². The molecule has 1 aromatic heterocycles. The second-order valence-electron chi connectivity index (χ2n) is 4.36. The maximum absolute atomic E-state index is 5.88. The monoisotopic (exact) mass is 209 g/mol. The fourth-order valence-electron chi connectivity index (χ4n) is 2.23. The van der Waals surface area contributed by atoms with E-state index in [4.69, 9.17) is 10.5 Å². The molecule has 1 aliphatic rings. The number of hydrogen-bond acceptors (Lipinski definition) is 3. The zero-order valence-electron chi connectivity index (χ0n) is 9.20. The Bertz CT molecular complexity index is 303. The number of methoxy groups -OCH3 is 1. The number of nitrogens with zero attached hydrogens (tertiary/aromatic N) is 1. The van der Waals surface area contributed by atoms with E-state index >= 15 is 0 Å². The molecule has 1 heterocycles. The van der Waals surface area contributed by atoms with Crippen LogP contribution >= 0.6 is 0 Å². The standard InChI is InChI=1S/C11H19N3O/c1-15-7-10-6-11(14-13-10)8-2-4-9(12)5-3-8/h6,8-9H,2-5,7,12H2,1H3,(H,13,14). The highest BCUT2D eigenvalue weighted by molar-refractivity contribution is 5.13. The van der Waals surface area contributed by atoms with E-state index in [1.807, 2.05) is 0 Å². The molecule has 0 atom stereocenters. The number of hydrogen-bond donors (Lipinski definition) is 2. The molecular formula is C11H19N3O. The largest absolute Gasteiger partial charge is 0.378 e. The molecule has 1 aliphatic carbocycles. The Morgan fingerprint density at radius 3 is 2.87 bits per heavy atom. The van der Waals surface area contributed by atoms with Gasteiger partial charge in [-0.15, -0.1) is 0 Å². The second kappa shape index (κ2) is 4.77. The minimum Gasteiger partial charge on any atom is -0.378 e. The summed E-state index contributed by atoms with van der Waals surface area (Å²) in [5.74, 6) is 0.589. The average Bonchev–Trinajstić information content (AvgIpc) is 2.68. The molecule has 84 valence electrons. The van der Waals surface area contributed by atoms with Crippen molar-refractivity contribution >= 4 is 0 Å². The van der Waals surface area contributed by atoms with E-state index < -0.39 is 0 Å². The van der Waals surface area contributed by atoms with Gasteiger partial charge < -0.3 is 10.5 Å². The van der Waals surface area contributed by atoms with Gasteiger partial charge in [0.15, 0.2) is 0 Å². The van der Waals surface area contributed by atoms with E-state index in [1.54, 1.807) is 7.11 Å². The average molecular weight is 209 g/mol. The van der Waals surface area contributed by atoms with Crippen molar-refractivity contribution in [1.29, 1.82) is 0 Å². The summed E-state index contributed by atoms with van der Waals surface area (Å²) >= 11 is 0. The summed E-state index contributed by atoms with van der Waals surface area (Å²) in [6.45, 7) is 0.610. The van der Waals surface area contributed by atoms with Crippen LogP contribution in [-0.4, -0.2) is 23.3 Å². The van der Waals surface area contributed by atoms with Gasteiger partial charge in [0.05, 0.1) is 18.0 Å². The molecule has 0 spiro atoms. The minimum absolute atomic E-state index is 0.402. The predicted molar refractivity (Wildman–Crippen MR) is 58.5 cm³/mol. The molecule has 0 unspecified atom stereocenters. The summed E-state index contributed by atoms with van der Waals surface area (Å²) in [5.41, 5.74) is 8.11. The third-order valence-corrected chi connectivity index (χ3v) is 3.14. The van der Waals surface area contributed by atoms with Crippen molar-refractivity contribution in [3.8, 4) is 0 Å². The molecule has 1 fully saturated rings. The Labute approximate surface area is 90.2 Å². The van der Waals surface area contributed by atoms with E-state index in [-0.39, 0.29) is 0 Å². The number of H-pyrrole nitrogens is 1. The molecular weight excluding hydrogens is 190 g/mol. The Kier molecular flexibility index (Phi) is 3.38. The van der Waals surface area contributed by atoms with Gasteiger partial charge in [-0.3, -0.25) is 5.10 Å². The number of rotatable bonds is 3. The first-order valence-corrected chi connectivity index (χ1v) is 5.58. The van der Waals surface area contributed by atoms with Crippen LogP contribution in [0.5, 0.6) is 0 Å². The van der Waals surface area contributed by atoms with Gasteiger partial charge in [0.2, 0.25) is 0 Å². The van der Waals surface area contributed by atoms with Gasteiger partial charge in [-0.2, -0.15) is 5.10 Å². The van der Waals surface area contributed by atoms with E-state index in [2.05, 4.69) is 16.3 Å². The van der Waals surface area contributed by atoms with Crippen molar-refractivity contribution in [3.63, 3.8) is 0 Å². The molecule has 0 saturated heterocycles. The highest BCUT2D eigenvalue weighted by Crippen LogP contribution is 2.31. The lowest BCUT2D eigenvalue weighted by Crippen LogP contribution is -2.25. The molecule has 0 amide bonds. The number of aromatic amines is 1. The number of nitrogens with two attached hydrogens (primary N) is 1. The summed E-state index contributed by atoms with van der Waals surface area (Å²) in [4.78, 5) is 0. The van der Waals surface area contributed by atoms with Crippen LogP contribution in [0.1, 0.15) is 43.0 Å². The first kappa shape index (κ1) is 10.6. The summed E-state index contributed by atoms with van der Waals surface area (Å²) < 4.78 is 5.05. The van der Waals surface area contributed by atoms with Crippen LogP contribution < -0.4 is 5.73 Å². The molecule has 2 rings (SSSR count). The third kappa shape index (κ3) is 2.58. The fourth-order valence-corrected chi connectivity index (χ4v) is 2.23. The van der Waals surface area contributed by atoms with Gasteiger partial charge in [0, 0.05) is 19.1 Å². The molecule has 0 radical (unpaired) electrons. The molecule has 15 heavy (non-hydrogen) atoms. The molecule has 0 bridgehead atoms. The molecule has 4 heteroatoms. The molecule has 4 nitrogen and oxygen atoms in total. The maximum atomic E-state index is 5.88. The SMILES string of the molecule is COCc1cc(C2CCC(N)CC2)n[nH]1. The first-order valence-electron chi connectivity index (χ1n) is 5.58. The van der Waals surface area contributed by atoms with Crippen molar-refractivity contribution in [3.05, 3.63) is 17.5 Å². The normalized spacial score (nSPS) is 26.8. The van der Waals surface area contributed by atoms with E-state index in [9.17, 15) is 0 Å². The topological polar surface area (TPSA) is 63.9 Å².